The van der Waals surface area contributed by atoms with Gasteiger partial charge in [-0.3, -0.25) is 4.68 Å². The number of aromatic nitrogens is 2. The molecule has 1 saturated carbocycles. The minimum atomic E-state index is 0.445. The maximum atomic E-state index is 5.95. The highest BCUT2D eigenvalue weighted by atomic mass is 15.3. The molecule has 0 aliphatic heterocycles. The van der Waals surface area contributed by atoms with Gasteiger partial charge in [0, 0.05) is 18.3 Å². The maximum absolute atomic E-state index is 5.95. The second kappa shape index (κ2) is 5.67. The van der Waals surface area contributed by atoms with Crippen LogP contribution in [0.15, 0.2) is 6.07 Å². The summed E-state index contributed by atoms with van der Waals surface area (Å²) >= 11 is 0. The number of nitrogens with two attached hydrogens (primary N) is 1. The van der Waals surface area contributed by atoms with Crippen molar-refractivity contribution in [2.45, 2.75) is 65.0 Å². The van der Waals surface area contributed by atoms with Crippen LogP contribution in [0.2, 0.25) is 0 Å². The third kappa shape index (κ3) is 3.09. The van der Waals surface area contributed by atoms with Crippen molar-refractivity contribution in [1.82, 2.24) is 9.78 Å². The summed E-state index contributed by atoms with van der Waals surface area (Å²) in [7, 11) is 0. The van der Waals surface area contributed by atoms with E-state index in [0.717, 1.165) is 25.3 Å². The molecule has 0 atom stereocenters. The lowest BCUT2D eigenvalue weighted by molar-refractivity contribution is 0.283. The molecule has 1 aliphatic rings. The topological polar surface area (TPSA) is 43.8 Å². The highest BCUT2D eigenvalue weighted by Gasteiger charge is 2.20. The fraction of sp³-hybridized carbons (Fsp3) is 0.786. The summed E-state index contributed by atoms with van der Waals surface area (Å²) in [5.74, 6) is 0.782. The molecule has 17 heavy (non-hydrogen) atoms. The first-order chi connectivity index (χ1) is 8.22. The van der Waals surface area contributed by atoms with Crippen molar-refractivity contribution in [3.05, 3.63) is 17.5 Å². The Balaban J connectivity index is 1.99. The molecule has 2 N–H and O–H groups in total. The molecule has 1 aromatic rings. The molecule has 0 amide bonds. The summed E-state index contributed by atoms with van der Waals surface area (Å²) in [6.45, 7) is 5.48. The highest BCUT2D eigenvalue weighted by Crippen LogP contribution is 2.25. The molecule has 1 aliphatic carbocycles. The van der Waals surface area contributed by atoms with E-state index in [0.29, 0.717) is 6.04 Å². The molecular weight excluding hydrogens is 210 g/mol. The van der Waals surface area contributed by atoms with Gasteiger partial charge in [-0.1, -0.05) is 13.8 Å². The van der Waals surface area contributed by atoms with Crippen LogP contribution in [0.25, 0.3) is 0 Å². The Morgan fingerprint density at radius 2 is 1.94 bits per heavy atom. The highest BCUT2D eigenvalue weighted by molar-refractivity contribution is 5.10. The van der Waals surface area contributed by atoms with Gasteiger partial charge < -0.3 is 5.73 Å². The molecule has 0 radical (unpaired) electrons. The van der Waals surface area contributed by atoms with E-state index in [4.69, 9.17) is 10.8 Å². The quantitative estimate of drug-likeness (QED) is 0.871. The van der Waals surface area contributed by atoms with Gasteiger partial charge in [0.2, 0.25) is 0 Å². The molecule has 3 heteroatoms. The van der Waals surface area contributed by atoms with Crippen molar-refractivity contribution in [3.63, 3.8) is 0 Å². The number of hydrogen-bond acceptors (Lipinski definition) is 2. The maximum Gasteiger partial charge on any atom is 0.0624 e. The zero-order chi connectivity index (χ0) is 12.3. The normalized spacial score (nSPS) is 25.1. The minimum Gasteiger partial charge on any atom is -0.328 e. The van der Waals surface area contributed by atoms with Gasteiger partial charge in [-0.05, 0) is 50.5 Å². The van der Waals surface area contributed by atoms with Crippen molar-refractivity contribution >= 4 is 0 Å². The number of hydrogen-bond donors (Lipinski definition) is 1. The van der Waals surface area contributed by atoms with Crippen LogP contribution in [-0.2, 0) is 19.4 Å². The van der Waals surface area contributed by atoms with Crippen molar-refractivity contribution in [1.29, 1.82) is 0 Å². The third-order valence-corrected chi connectivity index (χ3v) is 3.96. The predicted molar refractivity (Wildman–Crippen MR) is 70.9 cm³/mol. The number of rotatable bonds is 4. The van der Waals surface area contributed by atoms with E-state index in [1.807, 2.05) is 0 Å². The van der Waals surface area contributed by atoms with Crippen LogP contribution in [-0.4, -0.2) is 15.8 Å². The predicted octanol–water partition coefficient (Wildman–Crippen LogP) is 2.53. The van der Waals surface area contributed by atoms with Crippen LogP contribution in [0, 0.1) is 5.92 Å². The molecule has 1 fully saturated rings. The van der Waals surface area contributed by atoms with Crippen LogP contribution < -0.4 is 5.73 Å². The summed E-state index contributed by atoms with van der Waals surface area (Å²) in [6, 6.07) is 2.70. The summed E-state index contributed by atoms with van der Waals surface area (Å²) in [5, 5.41) is 4.70. The van der Waals surface area contributed by atoms with E-state index in [1.165, 1.54) is 37.1 Å². The smallest absolute Gasteiger partial charge is 0.0624 e. The molecule has 0 bridgehead atoms. The fourth-order valence-corrected chi connectivity index (χ4v) is 2.75. The van der Waals surface area contributed by atoms with Crippen LogP contribution in [0.4, 0.5) is 0 Å². The van der Waals surface area contributed by atoms with Gasteiger partial charge in [0.25, 0.3) is 0 Å². The zero-order valence-corrected chi connectivity index (χ0v) is 11.2. The molecule has 0 spiro atoms. The fourth-order valence-electron chi connectivity index (χ4n) is 2.75. The summed E-state index contributed by atoms with van der Waals surface area (Å²) in [4.78, 5) is 0. The first-order valence-electron chi connectivity index (χ1n) is 7.04. The molecule has 96 valence electrons. The second-order valence-electron chi connectivity index (χ2n) is 5.30. The van der Waals surface area contributed by atoms with Crippen molar-refractivity contribution in [2.24, 2.45) is 11.7 Å². The van der Waals surface area contributed by atoms with Gasteiger partial charge in [0.1, 0.15) is 0 Å². The summed E-state index contributed by atoms with van der Waals surface area (Å²) in [6.07, 6.45) is 7.04. The van der Waals surface area contributed by atoms with E-state index >= 15 is 0 Å². The van der Waals surface area contributed by atoms with Crippen molar-refractivity contribution < 1.29 is 0 Å². The van der Waals surface area contributed by atoms with Gasteiger partial charge in [-0.2, -0.15) is 5.10 Å². The minimum absolute atomic E-state index is 0.445. The molecular formula is C14H25N3. The SMILES string of the molecule is CCc1cc(CC)n(C[C@H]2CC[C@H](N)CC2)n1. The van der Waals surface area contributed by atoms with E-state index in [-0.39, 0.29) is 0 Å². The van der Waals surface area contributed by atoms with Gasteiger partial charge in [-0.25, -0.2) is 0 Å². The largest absolute Gasteiger partial charge is 0.328 e. The Kier molecular flexibility index (Phi) is 4.21. The first kappa shape index (κ1) is 12.6. The van der Waals surface area contributed by atoms with Gasteiger partial charge >= 0.3 is 0 Å². The van der Waals surface area contributed by atoms with E-state index < -0.39 is 0 Å². The van der Waals surface area contributed by atoms with Gasteiger partial charge in [-0.15, -0.1) is 0 Å². The van der Waals surface area contributed by atoms with Crippen LogP contribution in [0.1, 0.15) is 50.9 Å². The molecule has 0 saturated heterocycles. The lowest BCUT2D eigenvalue weighted by Gasteiger charge is -2.26. The van der Waals surface area contributed by atoms with Crippen molar-refractivity contribution in [3.8, 4) is 0 Å². The lowest BCUT2D eigenvalue weighted by Crippen LogP contribution is -2.28. The Morgan fingerprint density at radius 3 is 2.53 bits per heavy atom. The number of aryl methyl sites for hydroxylation is 2. The zero-order valence-electron chi connectivity index (χ0n) is 11.2. The molecule has 3 nitrogen and oxygen atoms in total. The molecule has 0 unspecified atom stereocenters. The Hall–Kier alpha value is -0.830. The Morgan fingerprint density at radius 1 is 1.24 bits per heavy atom. The summed E-state index contributed by atoms with van der Waals surface area (Å²) < 4.78 is 2.24. The standard InChI is InChI=1S/C14H25N3/c1-3-13-9-14(4-2)17(16-13)10-11-5-7-12(15)8-6-11/h9,11-12H,3-8,10,15H2,1-2H3/t11-,12-. The summed E-state index contributed by atoms with van der Waals surface area (Å²) in [5.41, 5.74) is 8.57. The molecule has 0 aromatic carbocycles. The number of nitrogens with zero attached hydrogens (tertiary/aromatic N) is 2. The van der Waals surface area contributed by atoms with E-state index in [1.54, 1.807) is 0 Å². The van der Waals surface area contributed by atoms with Crippen LogP contribution in [0.3, 0.4) is 0 Å². The van der Waals surface area contributed by atoms with Crippen LogP contribution in [0.5, 0.6) is 0 Å². The Labute approximate surface area is 104 Å². The monoisotopic (exact) mass is 235 g/mol. The second-order valence-corrected chi connectivity index (χ2v) is 5.30. The lowest BCUT2D eigenvalue weighted by atomic mass is 9.86. The van der Waals surface area contributed by atoms with Gasteiger partial charge in [0.15, 0.2) is 0 Å². The molecule has 1 heterocycles. The van der Waals surface area contributed by atoms with Gasteiger partial charge in [0.05, 0.1) is 5.69 Å². The third-order valence-electron chi connectivity index (χ3n) is 3.96. The first-order valence-corrected chi connectivity index (χ1v) is 7.04. The van der Waals surface area contributed by atoms with Crippen LogP contribution >= 0.6 is 0 Å². The molecule has 1 aromatic heterocycles. The molecule has 2 rings (SSSR count). The average Bonchev–Trinajstić information content (AvgIpc) is 2.74. The van der Waals surface area contributed by atoms with E-state index in [2.05, 4.69) is 24.6 Å². The van der Waals surface area contributed by atoms with Crippen molar-refractivity contribution in [2.75, 3.05) is 0 Å². The average molecular weight is 235 g/mol. The van der Waals surface area contributed by atoms with E-state index in [9.17, 15) is 0 Å². The Bertz CT molecular complexity index is 348.